The Balaban J connectivity index is 1.12. The minimum atomic E-state index is -0.148. The van der Waals surface area contributed by atoms with Crippen molar-refractivity contribution in [3.05, 3.63) is 77.3 Å². The first kappa shape index (κ1) is 24.7. The van der Waals surface area contributed by atoms with E-state index in [1.807, 2.05) is 36.1 Å². The molecule has 0 bridgehead atoms. The fourth-order valence-electron chi connectivity index (χ4n) is 5.54. The maximum atomic E-state index is 13.3. The summed E-state index contributed by atoms with van der Waals surface area (Å²) in [5, 5.41) is 14.6. The molecule has 39 heavy (non-hydrogen) atoms. The van der Waals surface area contributed by atoms with Crippen molar-refractivity contribution in [3.63, 3.8) is 0 Å². The molecule has 2 aromatic carbocycles. The Morgan fingerprint density at radius 1 is 1.10 bits per heavy atom. The molecular weight excluding hydrogens is 496 g/mol. The van der Waals surface area contributed by atoms with Crippen LogP contribution in [-0.2, 0) is 6.42 Å². The van der Waals surface area contributed by atoms with Crippen LogP contribution in [0.4, 0.5) is 22.0 Å². The van der Waals surface area contributed by atoms with Gasteiger partial charge < -0.3 is 29.9 Å². The van der Waals surface area contributed by atoms with Crippen molar-refractivity contribution in [2.24, 2.45) is 0 Å². The van der Waals surface area contributed by atoms with E-state index >= 15 is 0 Å². The summed E-state index contributed by atoms with van der Waals surface area (Å²) in [4.78, 5) is 30.4. The summed E-state index contributed by atoms with van der Waals surface area (Å²) in [7, 11) is 1.64. The van der Waals surface area contributed by atoms with E-state index in [1.54, 1.807) is 19.2 Å². The van der Waals surface area contributed by atoms with Crippen LogP contribution in [0.5, 0.6) is 11.5 Å². The molecule has 2 N–H and O–H groups in total. The number of carbonyl (C=O) groups excluding carboxylic acids is 2. The lowest BCUT2D eigenvalue weighted by Crippen LogP contribution is -2.49. The number of piperidine rings is 1. The van der Waals surface area contributed by atoms with Crippen LogP contribution < -0.4 is 25.0 Å². The highest BCUT2D eigenvalue weighted by Gasteiger charge is 2.31. The number of ketones is 1. The highest BCUT2D eigenvalue weighted by Crippen LogP contribution is 2.37. The largest absolute Gasteiger partial charge is 0.497 e. The van der Waals surface area contributed by atoms with E-state index in [0.29, 0.717) is 48.2 Å². The SMILES string of the molecule is C=C1Nc2c(C)cc(C(=O)c3cnnc(N4CCC(N5CCc6cc(OC)ccc6NC5=O)CC4)c3)cc2O1. The molecule has 3 aliphatic rings. The maximum Gasteiger partial charge on any atom is 0.322 e. The van der Waals surface area contributed by atoms with Crippen molar-refractivity contribution in [2.75, 3.05) is 42.3 Å². The molecular formula is C29H30N6O4. The minimum Gasteiger partial charge on any atom is -0.497 e. The molecule has 6 rings (SSSR count). The second-order valence-electron chi connectivity index (χ2n) is 10.1. The van der Waals surface area contributed by atoms with Gasteiger partial charge in [-0.3, -0.25) is 4.79 Å². The van der Waals surface area contributed by atoms with E-state index in [9.17, 15) is 9.59 Å². The van der Waals surface area contributed by atoms with Crippen LogP contribution in [0.1, 0.15) is 39.9 Å². The number of aryl methyl sites for hydroxylation is 1. The number of amides is 2. The lowest BCUT2D eigenvalue weighted by molar-refractivity contribution is 0.103. The molecule has 10 heteroatoms. The second-order valence-corrected chi connectivity index (χ2v) is 10.1. The zero-order valence-electron chi connectivity index (χ0n) is 22.0. The standard InChI is InChI=1S/C29H30N6O4/c1-17-12-20(14-25-27(17)31-18(2)39-25)28(36)21-15-26(33-30-16-21)34-9-7-22(8-10-34)35-11-6-19-13-23(38-3)4-5-24(19)32-29(35)37/h4-5,12-16,22,31H,2,6-11H2,1,3H3,(H,32,37). The van der Waals surface area contributed by atoms with Gasteiger partial charge in [0.15, 0.2) is 23.2 Å². The van der Waals surface area contributed by atoms with Crippen LogP contribution >= 0.6 is 0 Å². The Labute approximate surface area is 226 Å². The molecule has 1 aromatic heterocycles. The number of methoxy groups -OCH3 is 1. The van der Waals surface area contributed by atoms with Gasteiger partial charge in [-0.05, 0) is 80.3 Å². The topological polar surface area (TPSA) is 109 Å². The van der Waals surface area contributed by atoms with Crippen molar-refractivity contribution in [1.82, 2.24) is 15.1 Å². The summed E-state index contributed by atoms with van der Waals surface area (Å²) in [6, 6.07) is 11.1. The number of ether oxygens (including phenoxy) is 2. The number of hydrogen-bond acceptors (Lipinski definition) is 8. The molecule has 0 spiro atoms. The third-order valence-corrected chi connectivity index (χ3v) is 7.63. The van der Waals surface area contributed by atoms with E-state index < -0.39 is 0 Å². The Hall–Kier alpha value is -4.60. The van der Waals surface area contributed by atoms with Gasteiger partial charge in [0.25, 0.3) is 0 Å². The molecule has 10 nitrogen and oxygen atoms in total. The maximum absolute atomic E-state index is 13.3. The van der Waals surface area contributed by atoms with Crippen molar-refractivity contribution >= 4 is 29.0 Å². The zero-order chi connectivity index (χ0) is 27.1. The number of fused-ring (bicyclic) bond motifs is 2. The molecule has 200 valence electrons. The molecule has 1 saturated heterocycles. The van der Waals surface area contributed by atoms with Gasteiger partial charge in [-0.15, -0.1) is 5.10 Å². The van der Waals surface area contributed by atoms with E-state index in [4.69, 9.17) is 9.47 Å². The van der Waals surface area contributed by atoms with Gasteiger partial charge in [-0.25, -0.2) is 4.79 Å². The number of benzene rings is 2. The summed E-state index contributed by atoms with van der Waals surface area (Å²) >= 11 is 0. The number of nitrogens with one attached hydrogen (secondary N) is 2. The Bertz CT molecular complexity index is 1480. The van der Waals surface area contributed by atoms with Crippen molar-refractivity contribution < 1.29 is 19.1 Å². The first-order valence-corrected chi connectivity index (χ1v) is 13.0. The predicted octanol–water partition coefficient (Wildman–Crippen LogP) is 4.36. The number of aromatic nitrogens is 2. The molecule has 3 aliphatic heterocycles. The average Bonchev–Trinajstić information content (AvgIpc) is 3.26. The first-order chi connectivity index (χ1) is 18.9. The number of hydrogen-bond donors (Lipinski definition) is 2. The van der Waals surface area contributed by atoms with E-state index in [2.05, 4.69) is 32.3 Å². The van der Waals surface area contributed by atoms with Crippen molar-refractivity contribution in [2.45, 2.75) is 32.2 Å². The molecule has 4 heterocycles. The molecule has 2 amide bonds. The van der Waals surface area contributed by atoms with Gasteiger partial charge >= 0.3 is 6.03 Å². The highest BCUT2D eigenvalue weighted by molar-refractivity contribution is 6.10. The van der Waals surface area contributed by atoms with Gasteiger partial charge in [0.05, 0.1) is 19.0 Å². The Morgan fingerprint density at radius 2 is 1.92 bits per heavy atom. The van der Waals surface area contributed by atoms with E-state index in [-0.39, 0.29) is 17.9 Å². The summed E-state index contributed by atoms with van der Waals surface area (Å²) in [5.74, 6) is 2.33. The van der Waals surface area contributed by atoms with Crippen LogP contribution in [0.3, 0.4) is 0 Å². The molecule has 0 radical (unpaired) electrons. The smallest absolute Gasteiger partial charge is 0.322 e. The quantitative estimate of drug-likeness (QED) is 0.472. The summed E-state index contributed by atoms with van der Waals surface area (Å²) in [5.41, 5.74) is 4.63. The lowest BCUT2D eigenvalue weighted by atomic mass is 10.0. The van der Waals surface area contributed by atoms with E-state index in [0.717, 1.165) is 47.5 Å². The lowest BCUT2D eigenvalue weighted by Gasteiger charge is -2.38. The van der Waals surface area contributed by atoms with Gasteiger partial charge in [0.1, 0.15) is 5.75 Å². The molecule has 0 aliphatic carbocycles. The van der Waals surface area contributed by atoms with Crippen LogP contribution in [0.25, 0.3) is 0 Å². The number of nitrogens with zero attached hydrogens (tertiary/aromatic N) is 4. The monoisotopic (exact) mass is 526 g/mol. The van der Waals surface area contributed by atoms with E-state index in [1.165, 1.54) is 6.20 Å². The number of anilines is 3. The number of carbonyl (C=O) groups is 2. The highest BCUT2D eigenvalue weighted by atomic mass is 16.5. The van der Waals surface area contributed by atoms with Gasteiger partial charge in [-0.2, -0.15) is 5.10 Å². The summed E-state index contributed by atoms with van der Waals surface area (Å²) in [6.07, 6.45) is 3.85. The average molecular weight is 527 g/mol. The van der Waals surface area contributed by atoms with Crippen LogP contribution in [-0.4, -0.2) is 59.7 Å². The number of urea groups is 1. The van der Waals surface area contributed by atoms with Crippen molar-refractivity contribution in [1.29, 1.82) is 0 Å². The van der Waals surface area contributed by atoms with Crippen molar-refractivity contribution in [3.8, 4) is 11.5 Å². The molecule has 0 unspecified atom stereocenters. The number of rotatable bonds is 5. The fourth-order valence-corrected chi connectivity index (χ4v) is 5.54. The van der Waals surface area contributed by atoms with Crippen LogP contribution in [0.15, 0.2) is 55.1 Å². The third kappa shape index (κ3) is 4.73. The Kier molecular flexibility index (Phi) is 6.30. The molecule has 3 aromatic rings. The van der Waals surface area contributed by atoms with Crippen LogP contribution in [0, 0.1) is 6.92 Å². The minimum absolute atomic E-state index is 0.0721. The molecule has 0 saturated carbocycles. The normalized spacial score (nSPS) is 17.0. The third-order valence-electron chi connectivity index (χ3n) is 7.63. The summed E-state index contributed by atoms with van der Waals surface area (Å²) < 4.78 is 10.9. The molecule has 0 atom stereocenters. The summed E-state index contributed by atoms with van der Waals surface area (Å²) in [6.45, 7) is 7.78. The van der Waals surface area contributed by atoms with Gasteiger partial charge in [0, 0.05) is 42.5 Å². The fraction of sp³-hybridized carbons (Fsp3) is 0.310. The zero-order valence-corrected chi connectivity index (χ0v) is 22.0. The van der Waals surface area contributed by atoms with Crippen LogP contribution in [0.2, 0.25) is 0 Å². The van der Waals surface area contributed by atoms with Gasteiger partial charge in [0.2, 0.25) is 0 Å². The predicted molar refractivity (Wildman–Crippen MR) is 148 cm³/mol. The second kappa shape index (κ2) is 9.94. The Morgan fingerprint density at radius 3 is 2.72 bits per heavy atom. The molecule has 1 fully saturated rings. The first-order valence-electron chi connectivity index (χ1n) is 13.0. The van der Waals surface area contributed by atoms with Gasteiger partial charge in [-0.1, -0.05) is 0 Å².